The predicted octanol–water partition coefficient (Wildman–Crippen LogP) is 0.982. The Hall–Kier alpha value is -0.760. The van der Waals surface area contributed by atoms with Gasteiger partial charge in [0.2, 0.25) is 0 Å². The van der Waals surface area contributed by atoms with Gasteiger partial charge in [0.25, 0.3) is 0 Å². The SMILES string of the molecule is [CH]1OC=CC2=C1CCNC2. The van der Waals surface area contributed by atoms with Crippen molar-refractivity contribution in [2.24, 2.45) is 0 Å². The first-order chi connectivity index (χ1) is 4.97. The van der Waals surface area contributed by atoms with Gasteiger partial charge in [0.15, 0.2) is 6.61 Å². The summed E-state index contributed by atoms with van der Waals surface area (Å²) < 4.78 is 5.05. The Balaban J connectivity index is 2.23. The third kappa shape index (κ3) is 0.948. The van der Waals surface area contributed by atoms with Crippen LogP contribution in [0.4, 0.5) is 0 Å². The molecular weight excluding hydrogens is 126 g/mol. The molecule has 0 atom stereocenters. The summed E-state index contributed by atoms with van der Waals surface area (Å²) in [5.74, 6) is 0. The van der Waals surface area contributed by atoms with Gasteiger partial charge in [0, 0.05) is 6.54 Å². The maximum absolute atomic E-state index is 5.05. The molecule has 0 aromatic heterocycles. The van der Waals surface area contributed by atoms with Crippen LogP contribution in [0.25, 0.3) is 0 Å². The van der Waals surface area contributed by atoms with Crippen LogP contribution in [-0.4, -0.2) is 13.1 Å². The fourth-order valence-electron chi connectivity index (χ4n) is 1.26. The minimum absolute atomic E-state index is 0.992. The maximum atomic E-state index is 5.05. The number of rotatable bonds is 0. The van der Waals surface area contributed by atoms with Crippen molar-refractivity contribution in [3.05, 3.63) is 30.1 Å². The van der Waals surface area contributed by atoms with Crippen molar-refractivity contribution in [2.45, 2.75) is 6.42 Å². The molecule has 2 rings (SSSR count). The van der Waals surface area contributed by atoms with Crippen molar-refractivity contribution in [2.75, 3.05) is 13.1 Å². The molecule has 1 N–H and O–H groups in total. The highest BCUT2D eigenvalue weighted by atomic mass is 16.5. The molecule has 10 heavy (non-hydrogen) atoms. The summed E-state index contributed by atoms with van der Waals surface area (Å²) in [7, 11) is 0. The molecule has 0 fully saturated rings. The van der Waals surface area contributed by atoms with E-state index in [9.17, 15) is 0 Å². The van der Waals surface area contributed by atoms with Crippen molar-refractivity contribution in [1.29, 1.82) is 0 Å². The number of nitrogens with one attached hydrogen (secondary N) is 1. The average Bonchev–Trinajstić information content (AvgIpc) is 2.05. The lowest BCUT2D eigenvalue weighted by Gasteiger charge is -2.20. The second kappa shape index (κ2) is 2.46. The molecule has 0 saturated carbocycles. The van der Waals surface area contributed by atoms with Gasteiger partial charge in [-0.15, -0.1) is 0 Å². The molecular formula is C8H10NO. The molecule has 0 bridgehead atoms. The molecule has 53 valence electrons. The van der Waals surface area contributed by atoms with E-state index in [0.717, 1.165) is 19.5 Å². The quantitative estimate of drug-likeness (QED) is 0.536. The summed E-state index contributed by atoms with van der Waals surface area (Å²) in [6.45, 7) is 3.91. The van der Waals surface area contributed by atoms with Gasteiger partial charge in [-0.2, -0.15) is 0 Å². The molecule has 2 heterocycles. The lowest BCUT2D eigenvalue weighted by Crippen LogP contribution is -2.25. The zero-order chi connectivity index (χ0) is 6.81. The summed E-state index contributed by atoms with van der Waals surface area (Å²) in [5, 5.41) is 3.30. The topological polar surface area (TPSA) is 21.3 Å². The second-order valence-corrected chi connectivity index (χ2v) is 2.53. The molecule has 2 heteroatoms. The van der Waals surface area contributed by atoms with E-state index in [1.807, 2.05) is 12.7 Å². The molecule has 0 amide bonds. The summed E-state index contributed by atoms with van der Waals surface area (Å²) in [4.78, 5) is 0. The van der Waals surface area contributed by atoms with Crippen LogP contribution in [0.2, 0.25) is 0 Å². The fourth-order valence-corrected chi connectivity index (χ4v) is 1.26. The first-order valence-corrected chi connectivity index (χ1v) is 3.55. The highest BCUT2D eigenvalue weighted by Gasteiger charge is 2.12. The smallest absolute Gasteiger partial charge is 0.160 e. The Morgan fingerprint density at radius 2 is 2.40 bits per heavy atom. The molecule has 0 aliphatic carbocycles. The fraction of sp³-hybridized carbons (Fsp3) is 0.375. The highest BCUT2D eigenvalue weighted by molar-refractivity contribution is 5.34. The number of ether oxygens (including phenoxy) is 1. The Kier molecular flexibility index (Phi) is 1.47. The van der Waals surface area contributed by atoms with Crippen molar-refractivity contribution in [3.63, 3.8) is 0 Å². The lowest BCUT2D eigenvalue weighted by atomic mass is 10.0. The standard InChI is InChI=1S/C8H10NO/c1-3-9-5-7-2-4-10-6-8(1)7/h2,4,6,9H,1,3,5H2. The van der Waals surface area contributed by atoms with Gasteiger partial charge in [-0.05, 0) is 30.2 Å². The van der Waals surface area contributed by atoms with E-state index >= 15 is 0 Å². The number of hydrogen-bond donors (Lipinski definition) is 1. The monoisotopic (exact) mass is 136 g/mol. The zero-order valence-corrected chi connectivity index (χ0v) is 5.76. The van der Waals surface area contributed by atoms with E-state index in [4.69, 9.17) is 4.74 Å². The number of hydrogen-bond acceptors (Lipinski definition) is 2. The van der Waals surface area contributed by atoms with Crippen LogP contribution in [0.15, 0.2) is 23.5 Å². The lowest BCUT2D eigenvalue weighted by molar-refractivity contribution is 0.336. The summed E-state index contributed by atoms with van der Waals surface area (Å²) in [5.41, 5.74) is 2.72. The van der Waals surface area contributed by atoms with E-state index in [1.54, 1.807) is 6.26 Å². The van der Waals surface area contributed by atoms with Crippen LogP contribution in [0.3, 0.4) is 0 Å². The Bertz CT molecular complexity index is 193. The Morgan fingerprint density at radius 3 is 3.30 bits per heavy atom. The Morgan fingerprint density at radius 1 is 1.40 bits per heavy atom. The van der Waals surface area contributed by atoms with Crippen molar-refractivity contribution >= 4 is 0 Å². The van der Waals surface area contributed by atoms with Gasteiger partial charge in [-0.3, -0.25) is 0 Å². The minimum atomic E-state index is 0.992. The van der Waals surface area contributed by atoms with Gasteiger partial charge >= 0.3 is 0 Å². The summed E-state index contributed by atoms with van der Waals surface area (Å²) in [6.07, 6.45) is 4.85. The van der Waals surface area contributed by atoms with Gasteiger partial charge < -0.3 is 10.1 Å². The summed E-state index contributed by atoms with van der Waals surface area (Å²) >= 11 is 0. The van der Waals surface area contributed by atoms with E-state index in [-0.39, 0.29) is 0 Å². The van der Waals surface area contributed by atoms with Gasteiger partial charge in [0.05, 0.1) is 6.26 Å². The normalized spacial score (nSPS) is 24.0. The molecule has 0 spiro atoms. The maximum Gasteiger partial charge on any atom is 0.160 e. The predicted molar refractivity (Wildman–Crippen MR) is 39.0 cm³/mol. The van der Waals surface area contributed by atoms with Crippen LogP contribution in [0, 0.1) is 6.61 Å². The second-order valence-electron chi connectivity index (χ2n) is 2.53. The molecule has 0 aromatic rings. The van der Waals surface area contributed by atoms with E-state index in [0.29, 0.717) is 0 Å². The first kappa shape index (κ1) is 5.98. The molecule has 0 saturated heterocycles. The van der Waals surface area contributed by atoms with E-state index in [1.165, 1.54) is 11.1 Å². The molecule has 1 radical (unpaired) electrons. The van der Waals surface area contributed by atoms with Crippen molar-refractivity contribution in [3.8, 4) is 0 Å². The van der Waals surface area contributed by atoms with E-state index in [2.05, 4.69) is 5.32 Å². The largest absolute Gasteiger partial charge is 0.489 e. The van der Waals surface area contributed by atoms with Gasteiger partial charge in [-0.1, -0.05) is 0 Å². The molecule has 2 aliphatic rings. The van der Waals surface area contributed by atoms with Crippen LogP contribution in [-0.2, 0) is 4.74 Å². The molecule has 0 aromatic carbocycles. The highest BCUT2D eigenvalue weighted by Crippen LogP contribution is 2.20. The van der Waals surface area contributed by atoms with Crippen LogP contribution < -0.4 is 5.32 Å². The van der Waals surface area contributed by atoms with E-state index < -0.39 is 0 Å². The third-order valence-corrected chi connectivity index (χ3v) is 1.86. The van der Waals surface area contributed by atoms with Crippen molar-refractivity contribution < 1.29 is 4.74 Å². The zero-order valence-electron chi connectivity index (χ0n) is 5.76. The molecule has 2 aliphatic heterocycles. The minimum Gasteiger partial charge on any atom is -0.489 e. The van der Waals surface area contributed by atoms with Crippen LogP contribution in [0.5, 0.6) is 0 Å². The van der Waals surface area contributed by atoms with Gasteiger partial charge in [0.1, 0.15) is 0 Å². The van der Waals surface area contributed by atoms with Crippen molar-refractivity contribution in [1.82, 2.24) is 5.32 Å². The first-order valence-electron chi connectivity index (χ1n) is 3.55. The molecule has 0 unspecified atom stereocenters. The molecule has 2 nitrogen and oxygen atoms in total. The average molecular weight is 136 g/mol. The summed E-state index contributed by atoms with van der Waals surface area (Å²) in [6, 6.07) is 0. The van der Waals surface area contributed by atoms with Gasteiger partial charge in [-0.25, -0.2) is 0 Å². The van der Waals surface area contributed by atoms with Crippen LogP contribution >= 0.6 is 0 Å². The Labute approximate surface area is 60.6 Å². The third-order valence-electron chi connectivity index (χ3n) is 1.86. The van der Waals surface area contributed by atoms with Crippen LogP contribution in [0.1, 0.15) is 6.42 Å².